The van der Waals surface area contributed by atoms with Crippen molar-refractivity contribution in [2.75, 3.05) is 0 Å². The Balaban J connectivity index is 1.77. The zero-order valence-corrected chi connectivity index (χ0v) is 11.2. The van der Waals surface area contributed by atoms with Gasteiger partial charge in [-0.25, -0.2) is 0 Å². The first-order valence-corrected chi connectivity index (χ1v) is 7.48. The molecular weight excluding hydrogens is 244 g/mol. The van der Waals surface area contributed by atoms with Crippen LogP contribution >= 0.6 is 11.3 Å². The topological polar surface area (TPSA) is 34.0 Å². The summed E-state index contributed by atoms with van der Waals surface area (Å²) < 4.78 is 2.93. The van der Waals surface area contributed by atoms with Crippen LogP contribution in [0.3, 0.4) is 0 Å². The summed E-state index contributed by atoms with van der Waals surface area (Å²) in [5.41, 5.74) is 1.05. The highest BCUT2D eigenvalue weighted by molar-refractivity contribution is 7.16. The van der Waals surface area contributed by atoms with E-state index in [4.69, 9.17) is 0 Å². The predicted molar refractivity (Wildman–Crippen MR) is 76.1 cm³/mol. The van der Waals surface area contributed by atoms with Crippen molar-refractivity contribution in [3.05, 3.63) is 33.9 Å². The summed E-state index contributed by atoms with van der Waals surface area (Å²) in [5.74, 6) is 0. The first-order chi connectivity index (χ1) is 8.84. The van der Waals surface area contributed by atoms with E-state index in [2.05, 4.69) is 5.32 Å². The van der Waals surface area contributed by atoms with Gasteiger partial charge in [-0.1, -0.05) is 42.7 Å². The van der Waals surface area contributed by atoms with Crippen LogP contribution in [0.1, 0.15) is 32.1 Å². The van der Waals surface area contributed by atoms with Gasteiger partial charge in [-0.3, -0.25) is 14.7 Å². The quantitative estimate of drug-likeness (QED) is 0.922. The molecule has 18 heavy (non-hydrogen) atoms. The molecule has 1 N–H and O–H groups in total. The summed E-state index contributed by atoms with van der Waals surface area (Å²) in [6.07, 6.45) is 6.49. The lowest BCUT2D eigenvalue weighted by atomic mass is 9.96. The Hall–Kier alpha value is -1.13. The predicted octanol–water partition coefficient (Wildman–Crippen LogP) is 2.94. The van der Waals surface area contributed by atoms with Gasteiger partial charge in [0.15, 0.2) is 0 Å². The molecule has 1 aliphatic carbocycles. The minimum Gasteiger partial charge on any atom is -0.297 e. The third-order valence-corrected chi connectivity index (χ3v) is 4.68. The molecule has 0 amide bonds. The molecule has 1 aromatic carbocycles. The summed E-state index contributed by atoms with van der Waals surface area (Å²) in [6, 6.07) is 8.60. The van der Waals surface area contributed by atoms with Crippen LogP contribution in [0.5, 0.6) is 0 Å². The van der Waals surface area contributed by atoms with Crippen molar-refractivity contribution < 1.29 is 0 Å². The molecule has 2 aromatic rings. The van der Waals surface area contributed by atoms with E-state index >= 15 is 0 Å². The second-order valence-electron chi connectivity index (χ2n) is 4.96. The smallest absolute Gasteiger partial charge is 0.297 e. The fraction of sp³-hybridized carbons (Fsp3) is 0.500. The zero-order chi connectivity index (χ0) is 12.4. The number of aromatic nitrogens is 1. The third-order valence-electron chi connectivity index (χ3n) is 3.72. The van der Waals surface area contributed by atoms with Crippen LogP contribution < -0.4 is 10.2 Å². The van der Waals surface area contributed by atoms with Crippen LogP contribution in [0.2, 0.25) is 0 Å². The van der Waals surface area contributed by atoms with E-state index in [1.54, 1.807) is 0 Å². The largest absolute Gasteiger partial charge is 0.309 e. The molecule has 0 bridgehead atoms. The summed E-state index contributed by atoms with van der Waals surface area (Å²) >= 11 is 1.33. The van der Waals surface area contributed by atoms with Gasteiger partial charge in [0.25, 0.3) is 0 Å². The molecule has 1 saturated carbocycles. The number of fused-ring (bicyclic) bond motifs is 1. The van der Waals surface area contributed by atoms with Crippen LogP contribution in [0.25, 0.3) is 10.2 Å². The van der Waals surface area contributed by atoms with E-state index in [-0.39, 0.29) is 4.87 Å². The molecule has 1 fully saturated rings. The first-order valence-electron chi connectivity index (χ1n) is 6.66. The molecule has 96 valence electrons. The Labute approximate surface area is 110 Å². The molecule has 4 heteroatoms. The van der Waals surface area contributed by atoms with Crippen molar-refractivity contribution in [1.82, 2.24) is 9.88 Å². The maximum atomic E-state index is 12.0. The molecule has 0 radical (unpaired) electrons. The van der Waals surface area contributed by atoms with Gasteiger partial charge in [-0.15, -0.1) is 0 Å². The molecule has 3 rings (SSSR count). The molecular formula is C14H18N2OS. The fourth-order valence-corrected chi connectivity index (χ4v) is 3.58. The van der Waals surface area contributed by atoms with Gasteiger partial charge in [0.2, 0.25) is 0 Å². The van der Waals surface area contributed by atoms with Crippen molar-refractivity contribution in [1.29, 1.82) is 0 Å². The summed E-state index contributed by atoms with van der Waals surface area (Å²) in [7, 11) is 0. The lowest BCUT2D eigenvalue weighted by Gasteiger charge is -2.23. The van der Waals surface area contributed by atoms with Crippen LogP contribution in [-0.4, -0.2) is 10.6 Å². The number of nitrogens with zero attached hydrogens (tertiary/aromatic N) is 1. The zero-order valence-electron chi connectivity index (χ0n) is 10.4. The fourth-order valence-electron chi connectivity index (χ4n) is 2.69. The molecule has 1 aromatic heterocycles. The maximum Gasteiger partial charge on any atom is 0.309 e. The number of para-hydroxylation sites is 1. The number of benzene rings is 1. The molecule has 0 spiro atoms. The number of hydrogen-bond acceptors (Lipinski definition) is 3. The van der Waals surface area contributed by atoms with Crippen LogP contribution in [-0.2, 0) is 6.67 Å². The van der Waals surface area contributed by atoms with Crippen molar-refractivity contribution in [2.24, 2.45) is 0 Å². The molecule has 1 aliphatic rings. The lowest BCUT2D eigenvalue weighted by Crippen LogP contribution is -2.34. The van der Waals surface area contributed by atoms with Gasteiger partial charge in [-0.05, 0) is 25.0 Å². The van der Waals surface area contributed by atoms with E-state index in [1.807, 2.05) is 28.8 Å². The highest BCUT2D eigenvalue weighted by Crippen LogP contribution is 2.19. The Bertz CT molecular complexity index is 581. The van der Waals surface area contributed by atoms with E-state index in [0.29, 0.717) is 12.7 Å². The van der Waals surface area contributed by atoms with E-state index < -0.39 is 0 Å². The first kappa shape index (κ1) is 11.9. The number of rotatable bonds is 3. The van der Waals surface area contributed by atoms with Crippen molar-refractivity contribution in [3.63, 3.8) is 0 Å². The normalized spacial score (nSPS) is 17.3. The van der Waals surface area contributed by atoms with Crippen molar-refractivity contribution in [2.45, 2.75) is 44.8 Å². The lowest BCUT2D eigenvalue weighted by molar-refractivity contribution is 0.349. The van der Waals surface area contributed by atoms with Gasteiger partial charge in [0.05, 0.1) is 16.9 Å². The maximum absolute atomic E-state index is 12.0. The van der Waals surface area contributed by atoms with Crippen molar-refractivity contribution in [3.8, 4) is 0 Å². The second-order valence-corrected chi connectivity index (χ2v) is 5.95. The summed E-state index contributed by atoms with van der Waals surface area (Å²) in [4.78, 5) is 12.1. The summed E-state index contributed by atoms with van der Waals surface area (Å²) in [5, 5.41) is 3.53. The van der Waals surface area contributed by atoms with Gasteiger partial charge < -0.3 is 0 Å². The molecule has 0 unspecified atom stereocenters. The van der Waals surface area contributed by atoms with Crippen molar-refractivity contribution >= 4 is 21.6 Å². The molecule has 1 heterocycles. The third kappa shape index (κ3) is 2.35. The van der Waals surface area contributed by atoms with E-state index in [1.165, 1.54) is 43.4 Å². The monoisotopic (exact) mass is 262 g/mol. The SMILES string of the molecule is O=c1sc2ccccc2n1CNC1CCCCC1. The van der Waals surface area contributed by atoms with E-state index in [0.717, 1.165) is 10.2 Å². The Morgan fingerprint density at radius 3 is 2.83 bits per heavy atom. The van der Waals surface area contributed by atoms with Gasteiger partial charge >= 0.3 is 4.87 Å². The minimum absolute atomic E-state index is 0.138. The number of thiazole rings is 1. The second kappa shape index (κ2) is 5.24. The van der Waals surface area contributed by atoms with Gasteiger partial charge in [0, 0.05) is 6.04 Å². The molecule has 0 saturated heterocycles. The van der Waals surface area contributed by atoms with Crippen LogP contribution in [0, 0.1) is 0 Å². The Morgan fingerprint density at radius 1 is 1.22 bits per heavy atom. The van der Waals surface area contributed by atoms with Crippen LogP contribution in [0.4, 0.5) is 0 Å². The molecule has 3 nitrogen and oxygen atoms in total. The van der Waals surface area contributed by atoms with Gasteiger partial charge in [0.1, 0.15) is 0 Å². The minimum atomic E-state index is 0.138. The van der Waals surface area contributed by atoms with Crippen LogP contribution in [0.15, 0.2) is 29.1 Å². The summed E-state index contributed by atoms with van der Waals surface area (Å²) in [6.45, 7) is 0.646. The average Bonchev–Trinajstić information content (AvgIpc) is 2.73. The standard InChI is InChI=1S/C14H18N2OS/c17-14-16(10-15-11-6-2-1-3-7-11)12-8-4-5-9-13(12)18-14/h4-5,8-9,11,15H,1-3,6-7,10H2. The Kier molecular flexibility index (Phi) is 3.48. The van der Waals surface area contributed by atoms with E-state index in [9.17, 15) is 4.79 Å². The molecule has 0 aliphatic heterocycles. The highest BCUT2D eigenvalue weighted by Gasteiger charge is 2.13. The van der Waals surface area contributed by atoms with Gasteiger partial charge in [-0.2, -0.15) is 0 Å². The number of hydrogen-bond donors (Lipinski definition) is 1. The average molecular weight is 262 g/mol. The number of nitrogens with one attached hydrogen (secondary N) is 1. The molecule has 0 atom stereocenters. The Morgan fingerprint density at radius 2 is 2.00 bits per heavy atom. The highest BCUT2D eigenvalue weighted by atomic mass is 32.1.